The zero-order valence-electron chi connectivity index (χ0n) is 15.6. The molecule has 0 saturated carbocycles. The van der Waals surface area contributed by atoms with Gasteiger partial charge in [0.2, 0.25) is 0 Å². The van der Waals surface area contributed by atoms with Crippen molar-refractivity contribution >= 4 is 29.9 Å². The van der Waals surface area contributed by atoms with E-state index in [1.165, 1.54) is 0 Å². The Morgan fingerprint density at radius 1 is 1.25 bits per heavy atom. The maximum absolute atomic E-state index is 5.25. The standard InChI is InChI=1S/C18H32N4O.HI/c1-6-19-18(20-11-12-22(7-2)15(3)4)21-14-16-9-8-10-17(13-16)23-5;/h8-10,13,15H,6-7,11-12,14H2,1-5H3,(H2,19,20,21);1H. The number of hydrogen-bond donors (Lipinski definition) is 2. The van der Waals surface area contributed by atoms with E-state index >= 15 is 0 Å². The van der Waals surface area contributed by atoms with Crippen LogP contribution >= 0.6 is 24.0 Å². The van der Waals surface area contributed by atoms with E-state index in [0.717, 1.165) is 43.5 Å². The van der Waals surface area contributed by atoms with Crippen LogP contribution in [0.1, 0.15) is 33.3 Å². The minimum absolute atomic E-state index is 0. The van der Waals surface area contributed by atoms with Crippen LogP contribution in [-0.2, 0) is 6.54 Å². The number of benzene rings is 1. The number of guanidine groups is 1. The van der Waals surface area contributed by atoms with E-state index in [1.807, 2.05) is 18.2 Å². The lowest BCUT2D eigenvalue weighted by atomic mass is 10.2. The van der Waals surface area contributed by atoms with Gasteiger partial charge in [-0.1, -0.05) is 19.1 Å². The second kappa shape index (κ2) is 13.3. The summed E-state index contributed by atoms with van der Waals surface area (Å²) >= 11 is 0. The highest BCUT2D eigenvalue weighted by Crippen LogP contribution is 2.13. The summed E-state index contributed by atoms with van der Waals surface area (Å²) in [5.41, 5.74) is 1.14. The third-order valence-electron chi connectivity index (χ3n) is 3.73. The number of halogens is 1. The summed E-state index contributed by atoms with van der Waals surface area (Å²) in [7, 11) is 1.68. The first-order valence-corrected chi connectivity index (χ1v) is 8.49. The summed E-state index contributed by atoms with van der Waals surface area (Å²) in [5, 5.41) is 6.70. The zero-order chi connectivity index (χ0) is 17.1. The topological polar surface area (TPSA) is 48.9 Å². The predicted molar refractivity (Wildman–Crippen MR) is 114 cm³/mol. The van der Waals surface area contributed by atoms with Gasteiger partial charge in [0.05, 0.1) is 13.7 Å². The third kappa shape index (κ3) is 8.73. The van der Waals surface area contributed by atoms with Crippen LogP contribution in [0.4, 0.5) is 0 Å². The molecule has 0 unspecified atom stereocenters. The summed E-state index contributed by atoms with van der Waals surface area (Å²) in [6.45, 7) is 13.2. The zero-order valence-corrected chi connectivity index (χ0v) is 18.0. The van der Waals surface area contributed by atoms with Crippen LogP contribution in [-0.4, -0.2) is 50.2 Å². The minimum atomic E-state index is 0. The summed E-state index contributed by atoms with van der Waals surface area (Å²) in [6, 6.07) is 8.59. The summed E-state index contributed by atoms with van der Waals surface area (Å²) in [5.74, 6) is 1.72. The highest BCUT2D eigenvalue weighted by molar-refractivity contribution is 14.0. The van der Waals surface area contributed by atoms with Gasteiger partial charge < -0.3 is 15.4 Å². The fraction of sp³-hybridized carbons (Fsp3) is 0.611. The molecule has 0 radical (unpaired) electrons. The Morgan fingerprint density at radius 3 is 2.58 bits per heavy atom. The fourth-order valence-electron chi connectivity index (χ4n) is 2.38. The third-order valence-corrected chi connectivity index (χ3v) is 3.73. The largest absolute Gasteiger partial charge is 0.497 e. The Labute approximate surface area is 164 Å². The molecule has 0 fully saturated rings. The Morgan fingerprint density at radius 2 is 2.00 bits per heavy atom. The van der Waals surface area contributed by atoms with Gasteiger partial charge in [0, 0.05) is 25.7 Å². The molecule has 5 nitrogen and oxygen atoms in total. The normalized spacial score (nSPS) is 11.4. The van der Waals surface area contributed by atoms with Gasteiger partial charge in [-0.3, -0.25) is 4.90 Å². The second-order valence-electron chi connectivity index (χ2n) is 5.70. The van der Waals surface area contributed by atoms with Crippen LogP contribution < -0.4 is 15.4 Å². The van der Waals surface area contributed by atoms with Crippen molar-refractivity contribution in [3.05, 3.63) is 29.8 Å². The van der Waals surface area contributed by atoms with Crippen molar-refractivity contribution in [3.63, 3.8) is 0 Å². The van der Waals surface area contributed by atoms with Crippen LogP contribution in [0.15, 0.2) is 29.3 Å². The Balaban J connectivity index is 0.00000529. The highest BCUT2D eigenvalue weighted by Gasteiger charge is 2.06. The van der Waals surface area contributed by atoms with Crippen LogP contribution in [0, 0.1) is 0 Å². The summed E-state index contributed by atoms with van der Waals surface area (Å²) < 4.78 is 5.25. The van der Waals surface area contributed by atoms with Crippen molar-refractivity contribution in [1.82, 2.24) is 15.5 Å². The summed E-state index contributed by atoms with van der Waals surface area (Å²) in [4.78, 5) is 7.08. The average molecular weight is 448 g/mol. The molecule has 0 spiro atoms. The predicted octanol–water partition coefficient (Wildman–Crippen LogP) is 3.10. The number of hydrogen-bond acceptors (Lipinski definition) is 3. The molecule has 0 aromatic heterocycles. The molecule has 0 aliphatic heterocycles. The van der Waals surface area contributed by atoms with Crippen LogP contribution in [0.5, 0.6) is 5.75 Å². The van der Waals surface area contributed by atoms with Gasteiger partial charge in [0.15, 0.2) is 5.96 Å². The monoisotopic (exact) mass is 448 g/mol. The molecular formula is C18H33IN4O. The second-order valence-corrected chi connectivity index (χ2v) is 5.70. The van der Waals surface area contributed by atoms with Crippen molar-refractivity contribution in [1.29, 1.82) is 0 Å². The van der Waals surface area contributed by atoms with Gasteiger partial charge in [-0.2, -0.15) is 0 Å². The van der Waals surface area contributed by atoms with Crippen molar-refractivity contribution in [2.75, 3.05) is 33.3 Å². The Bertz CT molecular complexity index is 480. The van der Waals surface area contributed by atoms with E-state index < -0.39 is 0 Å². The molecule has 138 valence electrons. The first-order valence-electron chi connectivity index (χ1n) is 8.49. The smallest absolute Gasteiger partial charge is 0.191 e. The lowest BCUT2D eigenvalue weighted by Crippen LogP contribution is -2.43. The van der Waals surface area contributed by atoms with Crippen molar-refractivity contribution in [2.24, 2.45) is 4.99 Å². The van der Waals surface area contributed by atoms with Crippen LogP contribution in [0.25, 0.3) is 0 Å². The highest BCUT2D eigenvalue weighted by atomic mass is 127. The summed E-state index contributed by atoms with van der Waals surface area (Å²) in [6.07, 6.45) is 0. The number of nitrogens with zero attached hydrogens (tertiary/aromatic N) is 2. The molecule has 0 amide bonds. The lowest BCUT2D eigenvalue weighted by molar-refractivity contribution is 0.237. The molecule has 1 rings (SSSR count). The first kappa shape index (κ1) is 23.0. The molecular weight excluding hydrogens is 415 g/mol. The molecule has 0 heterocycles. The van der Waals surface area contributed by atoms with Crippen LogP contribution in [0.2, 0.25) is 0 Å². The molecule has 2 N–H and O–H groups in total. The van der Waals surface area contributed by atoms with E-state index in [-0.39, 0.29) is 24.0 Å². The van der Waals surface area contributed by atoms with Gasteiger partial charge >= 0.3 is 0 Å². The maximum atomic E-state index is 5.25. The van der Waals surface area contributed by atoms with E-state index in [1.54, 1.807) is 7.11 Å². The number of methoxy groups -OCH3 is 1. The molecule has 24 heavy (non-hydrogen) atoms. The first-order chi connectivity index (χ1) is 11.1. The molecule has 0 bridgehead atoms. The Kier molecular flexibility index (Phi) is 12.7. The molecule has 0 saturated heterocycles. The number of ether oxygens (including phenoxy) is 1. The molecule has 1 aromatic rings. The lowest BCUT2D eigenvalue weighted by Gasteiger charge is -2.25. The molecule has 6 heteroatoms. The van der Waals surface area contributed by atoms with E-state index in [2.05, 4.69) is 54.3 Å². The van der Waals surface area contributed by atoms with Gasteiger partial charge in [0.1, 0.15) is 5.75 Å². The van der Waals surface area contributed by atoms with Crippen molar-refractivity contribution in [2.45, 2.75) is 40.3 Å². The van der Waals surface area contributed by atoms with E-state index in [0.29, 0.717) is 12.6 Å². The number of nitrogens with one attached hydrogen (secondary N) is 2. The van der Waals surface area contributed by atoms with Crippen molar-refractivity contribution < 1.29 is 4.74 Å². The number of aliphatic imine (C=N–C) groups is 1. The quantitative estimate of drug-likeness (QED) is 0.346. The van der Waals surface area contributed by atoms with Gasteiger partial charge in [-0.15, -0.1) is 24.0 Å². The van der Waals surface area contributed by atoms with Crippen molar-refractivity contribution in [3.8, 4) is 5.75 Å². The average Bonchev–Trinajstić information content (AvgIpc) is 2.56. The molecule has 1 aromatic carbocycles. The number of rotatable bonds is 9. The maximum Gasteiger partial charge on any atom is 0.191 e. The fourth-order valence-corrected chi connectivity index (χ4v) is 2.38. The van der Waals surface area contributed by atoms with E-state index in [9.17, 15) is 0 Å². The number of likely N-dealkylation sites (N-methyl/N-ethyl adjacent to an activating group) is 1. The molecule has 0 aliphatic carbocycles. The Hall–Kier alpha value is -1.02. The van der Waals surface area contributed by atoms with Gasteiger partial charge in [-0.25, -0.2) is 4.99 Å². The molecule has 0 aliphatic rings. The van der Waals surface area contributed by atoms with E-state index in [4.69, 9.17) is 4.74 Å². The van der Waals surface area contributed by atoms with Crippen LogP contribution in [0.3, 0.4) is 0 Å². The van der Waals surface area contributed by atoms with Gasteiger partial charge in [-0.05, 0) is 45.0 Å². The SMILES string of the molecule is CCNC(=NCc1cccc(OC)c1)NCCN(CC)C(C)C.I. The minimum Gasteiger partial charge on any atom is -0.497 e. The van der Waals surface area contributed by atoms with Gasteiger partial charge in [0.25, 0.3) is 0 Å². The molecule has 0 atom stereocenters.